The van der Waals surface area contributed by atoms with Gasteiger partial charge in [0.25, 0.3) is 0 Å². The van der Waals surface area contributed by atoms with Gasteiger partial charge in [0, 0.05) is 0 Å². The molecule has 0 bridgehead atoms. The summed E-state index contributed by atoms with van der Waals surface area (Å²) >= 11 is 1.52. The first-order valence-corrected chi connectivity index (χ1v) is 4.90. The second kappa shape index (κ2) is 3.26. The lowest BCUT2D eigenvalue weighted by Gasteiger charge is -1.99. The summed E-state index contributed by atoms with van der Waals surface area (Å²) in [6, 6.07) is 3.80. The highest BCUT2D eigenvalue weighted by molar-refractivity contribution is 7.12. The smallest absolute Gasteiger partial charge is 0.339 e. The van der Waals surface area contributed by atoms with Crippen molar-refractivity contribution >= 4 is 17.3 Å². The van der Waals surface area contributed by atoms with Gasteiger partial charge in [0.05, 0.1) is 11.9 Å². The molecule has 1 N–H and O–H groups in total. The van der Waals surface area contributed by atoms with Crippen molar-refractivity contribution in [1.82, 2.24) is 9.78 Å². The van der Waals surface area contributed by atoms with Crippen molar-refractivity contribution in [2.24, 2.45) is 0 Å². The van der Waals surface area contributed by atoms with Gasteiger partial charge in [-0.1, -0.05) is 0 Å². The van der Waals surface area contributed by atoms with Gasteiger partial charge < -0.3 is 5.11 Å². The van der Waals surface area contributed by atoms with E-state index in [1.165, 1.54) is 17.5 Å². The average Bonchev–Trinajstić information content (AvgIpc) is 2.71. The molecule has 14 heavy (non-hydrogen) atoms. The van der Waals surface area contributed by atoms with Crippen molar-refractivity contribution in [2.45, 2.75) is 6.92 Å². The molecule has 2 heterocycles. The van der Waals surface area contributed by atoms with Gasteiger partial charge in [-0.3, -0.25) is 0 Å². The zero-order valence-corrected chi connectivity index (χ0v) is 8.28. The lowest BCUT2D eigenvalue weighted by Crippen LogP contribution is -2.00. The van der Waals surface area contributed by atoms with Crippen LogP contribution in [0.2, 0.25) is 0 Å². The minimum Gasteiger partial charge on any atom is -0.478 e. The summed E-state index contributed by atoms with van der Waals surface area (Å²) in [5.41, 5.74) is 0.901. The monoisotopic (exact) mass is 208 g/mol. The Bertz CT molecular complexity index is 459. The molecule has 5 heteroatoms. The number of thiophene rings is 1. The number of carbonyl (C=O) groups is 1. The molecule has 0 fully saturated rings. The van der Waals surface area contributed by atoms with E-state index < -0.39 is 5.97 Å². The van der Waals surface area contributed by atoms with Gasteiger partial charge in [0.2, 0.25) is 0 Å². The van der Waals surface area contributed by atoms with Gasteiger partial charge in [-0.25, -0.2) is 9.48 Å². The molecule has 0 aromatic carbocycles. The quantitative estimate of drug-likeness (QED) is 0.820. The van der Waals surface area contributed by atoms with E-state index in [9.17, 15) is 4.79 Å². The van der Waals surface area contributed by atoms with Crippen LogP contribution >= 0.6 is 11.3 Å². The third-order valence-corrected chi connectivity index (χ3v) is 2.80. The first-order chi connectivity index (χ1) is 6.70. The van der Waals surface area contributed by atoms with E-state index in [1.807, 2.05) is 17.5 Å². The first-order valence-electron chi connectivity index (χ1n) is 4.02. The predicted octanol–water partition coefficient (Wildman–Crippen LogP) is 1.94. The molecule has 2 aromatic rings. The number of rotatable bonds is 2. The molecule has 0 saturated carbocycles. The zero-order chi connectivity index (χ0) is 10.1. The van der Waals surface area contributed by atoms with Gasteiger partial charge >= 0.3 is 5.97 Å². The van der Waals surface area contributed by atoms with Crippen LogP contribution in [0.5, 0.6) is 0 Å². The van der Waals surface area contributed by atoms with Gasteiger partial charge in [0.1, 0.15) is 10.6 Å². The third kappa shape index (κ3) is 1.31. The summed E-state index contributed by atoms with van der Waals surface area (Å²) in [4.78, 5) is 10.8. The van der Waals surface area contributed by atoms with Crippen LogP contribution in [-0.4, -0.2) is 20.9 Å². The highest BCUT2D eigenvalue weighted by Crippen LogP contribution is 2.18. The summed E-state index contributed by atoms with van der Waals surface area (Å²) < 4.78 is 1.63. The van der Waals surface area contributed by atoms with E-state index in [1.54, 1.807) is 11.6 Å². The Morgan fingerprint density at radius 1 is 1.64 bits per heavy atom. The standard InChI is InChI=1S/C9H8N2O2S/c1-6-7(9(12)13)5-10-11(6)8-3-2-4-14-8/h2-5H,1H3,(H,12,13). The highest BCUT2D eigenvalue weighted by Gasteiger charge is 2.13. The number of hydrogen-bond donors (Lipinski definition) is 1. The molecule has 2 aromatic heterocycles. The Morgan fingerprint density at radius 2 is 2.43 bits per heavy atom. The fourth-order valence-electron chi connectivity index (χ4n) is 1.23. The maximum atomic E-state index is 10.8. The summed E-state index contributed by atoms with van der Waals surface area (Å²) in [7, 11) is 0. The highest BCUT2D eigenvalue weighted by atomic mass is 32.1. The van der Waals surface area contributed by atoms with Crippen LogP contribution in [0.4, 0.5) is 0 Å². The van der Waals surface area contributed by atoms with E-state index in [0.29, 0.717) is 5.69 Å². The molecule has 0 aliphatic heterocycles. The molecule has 2 rings (SSSR count). The number of carboxylic acids is 1. The van der Waals surface area contributed by atoms with E-state index in [-0.39, 0.29) is 5.56 Å². The van der Waals surface area contributed by atoms with E-state index in [4.69, 9.17) is 5.11 Å². The molecule has 0 atom stereocenters. The Balaban J connectivity index is 2.52. The van der Waals surface area contributed by atoms with Crippen LogP contribution in [0, 0.1) is 6.92 Å². The molecular formula is C9H8N2O2S. The largest absolute Gasteiger partial charge is 0.478 e. The van der Waals surface area contributed by atoms with Crippen LogP contribution in [-0.2, 0) is 0 Å². The number of nitrogens with zero attached hydrogens (tertiary/aromatic N) is 2. The Morgan fingerprint density at radius 3 is 2.93 bits per heavy atom. The van der Waals surface area contributed by atoms with Crippen molar-refractivity contribution in [2.75, 3.05) is 0 Å². The molecule has 4 nitrogen and oxygen atoms in total. The molecule has 0 aliphatic rings. The molecule has 0 spiro atoms. The number of aromatic nitrogens is 2. The van der Waals surface area contributed by atoms with Crippen molar-refractivity contribution in [3.05, 3.63) is 35.0 Å². The molecule has 0 radical (unpaired) electrons. The first kappa shape index (κ1) is 8.96. The predicted molar refractivity (Wildman–Crippen MR) is 53.1 cm³/mol. The van der Waals surface area contributed by atoms with Crippen LogP contribution in [0.1, 0.15) is 16.1 Å². The number of aromatic carboxylic acids is 1. The van der Waals surface area contributed by atoms with E-state index in [2.05, 4.69) is 5.10 Å². The van der Waals surface area contributed by atoms with Crippen molar-refractivity contribution in [1.29, 1.82) is 0 Å². The topological polar surface area (TPSA) is 55.1 Å². The molecule has 0 amide bonds. The SMILES string of the molecule is Cc1c(C(=O)O)cnn1-c1cccs1. The van der Waals surface area contributed by atoms with Gasteiger partial charge in [-0.2, -0.15) is 5.10 Å². The normalized spacial score (nSPS) is 10.4. The molecule has 0 saturated heterocycles. The van der Waals surface area contributed by atoms with Crippen LogP contribution < -0.4 is 0 Å². The van der Waals surface area contributed by atoms with Crippen molar-refractivity contribution in [3.63, 3.8) is 0 Å². The fraction of sp³-hybridized carbons (Fsp3) is 0.111. The average molecular weight is 208 g/mol. The maximum absolute atomic E-state index is 10.8. The van der Waals surface area contributed by atoms with Gasteiger partial charge in [-0.15, -0.1) is 11.3 Å². The lowest BCUT2D eigenvalue weighted by atomic mass is 10.3. The van der Waals surface area contributed by atoms with Crippen molar-refractivity contribution in [3.8, 4) is 5.00 Å². The minimum absolute atomic E-state index is 0.249. The van der Waals surface area contributed by atoms with Crippen LogP contribution in [0.15, 0.2) is 23.7 Å². The number of carboxylic acid groups (broad SMARTS) is 1. The number of hydrogen-bond acceptors (Lipinski definition) is 3. The summed E-state index contributed by atoms with van der Waals surface area (Å²) in [5, 5.41) is 15.7. The fourth-order valence-corrected chi connectivity index (χ4v) is 1.97. The minimum atomic E-state index is -0.940. The summed E-state index contributed by atoms with van der Waals surface area (Å²) in [5.74, 6) is -0.940. The Hall–Kier alpha value is -1.62. The van der Waals surface area contributed by atoms with Gasteiger partial charge in [0.15, 0.2) is 0 Å². The van der Waals surface area contributed by atoms with Crippen molar-refractivity contribution < 1.29 is 9.90 Å². The molecule has 0 unspecified atom stereocenters. The molecule has 72 valence electrons. The third-order valence-electron chi connectivity index (χ3n) is 1.96. The Kier molecular flexibility index (Phi) is 2.09. The summed E-state index contributed by atoms with van der Waals surface area (Å²) in [6.07, 6.45) is 1.37. The van der Waals surface area contributed by atoms with E-state index in [0.717, 1.165) is 5.00 Å². The molecular weight excluding hydrogens is 200 g/mol. The van der Waals surface area contributed by atoms with E-state index >= 15 is 0 Å². The maximum Gasteiger partial charge on any atom is 0.339 e. The van der Waals surface area contributed by atoms with Crippen LogP contribution in [0.3, 0.4) is 0 Å². The van der Waals surface area contributed by atoms with Gasteiger partial charge in [-0.05, 0) is 24.4 Å². The summed E-state index contributed by atoms with van der Waals surface area (Å²) in [6.45, 7) is 1.75. The Labute approximate surface area is 84.4 Å². The zero-order valence-electron chi connectivity index (χ0n) is 7.47. The van der Waals surface area contributed by atoms with Crippen LogP contribution in [0.25, 0.3) is 5.00 Å². The second-order valence-corrected chi connectivity index (χ2v) is 3.74. The lowest BCUT2D eigenvalue weighted by molar-refractivity contribution is 0.0696. The molecule has 0 aliphatic carbocycles. The second-order valence-electron chi connectivity index (χ2n) is 2.81.